The Bertz CT molecular complexity index is 775. The Labute approximate surface area is 112 Å². The summed E-state index contributed by atoms with van der Waals surface area (Å²) in [6.07, 6.45) is 1.47. The van der Waals surface area contributed by atoms with E-state index in [0.717, 1.165) is 0 Å². The van der Waals surface area contributed by atoms with Gasteiger partial charge in [0, 0.05) is 0 Å². The lowest BCUT2D eigenvalue weighted by atomic mass is 10.1. The van der Waals surface area contributed by atoms with Crippen LogP contribution in [0.1, 0.15) is 16.1 Å². The van der Waals surface area contributed by atoms with Gasteiger partial charge in [-0.1, -0.05) is 17.3 Å². The molecule has 100 valence electrons. The highest BCUT2D eigenvalue weighted by Crippen LogP contribution is 2.27. The fraction of sp³-hybridized carbons (Fsp3) is 0.0769. The van der Waals surface area contributed by atoms with Crippen LogP contribution in [0.2, 0.25) is 0 Å². The van der Waals surface area contributed by atoms with Crippen LogP contribution in [0.3, 0.4) is 0 Å². The van der Waals surface area contributed by atoms with Gasteiger partial charge < -0.3 is 14.0 Å². The van der Waals surface area contributed by atoms with Gasteiger partial charge >= 0.3 is 5.97 Å². The van der Waals surface area contributed by atoms with Crippen molar-refractivity contribution in [1.82, 2.24) is 15.4 Å². The molecule has 0 aliphatic rings. The van der Waals surface area contributed by atoms with Gasteiger partial charge in [0.25, 0.3) is 5.89 Å². The quantitative estimate of drug-likeness (QED) is 0.780. The maximum atomic E-state index is 11.2. The number of hydrogen-bond acceptors (Lipinski definition) is 6. The Hall–Kier alpha value is -2.96. The number of nitrogens with zero attached hydrogens (tertiary/aromatic N) is 3. The summed E-state index contributed by atoms with van der Waals surface area (Å²) in [4.78, 5) is 11.2. The molecular formula is C13H9N3O4. The molecule has 3 aromatic rings. The van der Waals surface area contributed by atoms with E-state index in [1.54, 1.807) is 25.1 Å². The SMILES string of the molecule is Cc1oncc1-c1nnc(-c2ccccc2C(=O)O)o1. The fourth-order valence-electron chi connectivity index (χ4n) is 1.80. The normalized spacial score (nSPS) is 10.7. The Kier molecular flexibility index (Phi) is 2.79. The van der Waals surface area contributed by atoms with Crippen LogP contribution >= 0.6 is 0 Å². The van der Waals surface area contributed by atoms with Crippen molar-refractivity contribution < 1.29 is 18.8 Å². The first kappa shape index (κ1) is 12.1. The summed E-state index contributed by atoms with van der Waals surface area (Å²) >= 11 is 0. The van der Waals surface area contributed by atoms with E-state index in [-0.39, 0.29) is 17.3 Å². The molecule has 2 aromatic heterocycles. The molecule has 0 bridgehead atoms. The molecule has 0 radical (unpaired) electrons. The monoisotopic (exact) mass is 271 g/mol. The summed E-state index contributed by atoms with van der Waals surface area (Å²) in [5.74, 6) is -0.134. The average Bonchev–Trinajstić information content (AvgIpc) is 3.07. The zero-order chi connectivity index (χ0) is 14.1. The first-order valence-corrected chi connectivity index (χ1v) is 5.74. The first-order valence-electron chi connectivity index (χ1n) is 5.74. The van der Waals surface area contributed by atoms with Crippen LogP contribution in [-0.4, -0.2) is 26.4 Å². The number of rotatable bonds is 3. The zero-order valence-corrected chi connectivity index (χ0v) is 10.4. The molecule has 20 heavy (non-hydrogen) atoms. The van der Waals surface area contributed by atoms with Gasteiger partial charge in [-0.25, -0.2) is 4.79 Å². The summed E-state index contributed by atoms with van der Waals surface area (Å²) in [6.45, 7) is 1.72. The standard InChI is InChI=1S/C13H9N3O4/c1-7-10(6-14-20-7)12-16-15-11(19-12)8-4-2-3-5-9(8)13(17)18/h2-6H,1H3,(H,17,18). The number of carboxylic acid groups (broad SMARTS) is 1. The highest BCUT2D eigenvalue weighted by molar-refractivity contribution is 5.94. The van der Waals surface area contributed by atoms with Gasteiger partial charge in [0.2, 0.25) is 5.89 Å². The molecule has 7 nitrogen and oxygen atoms in total. The number of aromatic carboxylic acids is 1. The van der Waals surface area contributed by atoms with E-state index >= 15 is 0 Å². The maximum Gasteiger partial charge on any atom is 0.336 e. The van der Waals surface area contributed by atoms with Crippen LogP contribution < -0.4 is 0 Å². The second kappa shape index (κ2) is 4.61. The summed E-state index contributed by atoms with van der Waals surface area (Å²) in [5.41, 5.74) is 1.05. The molecule has 0 spiro atoms. The lowest BCUT2D eigenvalue weighted by Gasteiger charge is -1.99. The summed E-state index contributed by atoms with van der Waals surface area (Å²) < 4.78 is 10.4. The number of aromatic nitrogens is 3. The third kappa shape index (κ3) is 1.95. The molecule has 0 unspecified atom stereocenters. The van der Waals surface area contributed by atoms with Crippen LogP contribution in [0.15, 0.2) is 39.4 Å². The van der Waals surface area contributed by atoms with Crippen molar-refractivity contribution in [2.45, 2.75) is 6.92 Å². The molecule has 1 N–H and O–H groups in total. The predicted octanol–water partition coefficient (Wildman–Crippen LogP) is 2.40. The maximum absolute atomic E-state index is 11.2. The molecule has 3 rings (SSSR count). The van der Waals surface area contributed by atoms with Crippen LogP contribution in [0.4, 0.5) is 0 Å². The second-order valence-electron chi connectivity index (χ2n) is 4.06. The first-order chi connectivity index (χ1) is 9.66. The van der Waals surface area contributed by atoms with Crippen molar-refractivity contribution in [1.29, 1.82) is 0 Å². The van der Waals surface area contributed by atoms with Gasteiger partial charge in [0.1, 0.15) is 11.3 Å². The van der Waals surface area contributed by atoms with Gasteiger partial charge in [-0.15, -0.1) is 10.2 Å². The van der Waals surface area contributed by atoms with Gasteiger partial charge in [0.05, 0.1) is 17.3 Å². The van der Waals surface area contributed by atoms with E-state index in [9.17, 15) is 4.79 Å². The van der Waals surface area contributed by atoms with E-state index in [1.165, 1.54) is 12.3 Å². The molecule has 0 amide bonds. The van der Waals surface area contributed by atoms with Gasteiger partial charge in [0.15, 0.2) is 0 Å². The van der Waals surface area contributed by atoms with Crippen LogP contribution in [0.25, 0.3) is 22.9 Å². The minimum Gasteiger partial charge on any atom is -0.478 e. The molecule has 0 aliphatic carbocycles. The van der Waals surface area contributed by atoms with Crippen molar-refractivity contribution in [2.75, 3.05) is 0 Å². The minimum absolute atomic E-state index is 0.102. The predicted molar refractivity (Wildman–Crippen MR) is 66.9 cm³/mol. The number of carboxylic acids is 1. The van der Waals surface area contributed by atoms with Crippen LogP contribution in [0, 0.1) is 6.92 Å². The van der Waals surface area contributed by atoms with Crippen molar-refractivity contribution in [2.24, 2.45) is 0 Å². The molecule has 2 heterocycles. The third-order valence-electron chi connectivity index (χ3n) is 2.79. The van der Waals surface area contributed by atoms with E-state index in [4.69, 9.17) is 14.0 Å². The lowest BCUT2D eigenvalue weighted by Crippen LogP contribution is -1.98. The summed E-state index contributed by atoms with van der Waals surface area (Å²) in [7, 11) is 0. The molecule has 7 heteroatoms. The van der Waals surface area contributed by atoms with Gasteiger partial charge in [-0.2, -0.15) is 0 Å². The molecule has 0 atom stereocenters. The van der Waals surface area contributed by atoms with Crippen molar-refractivity contribution >= 4 is 5.97 Å². The Morgan fingerprint density at radius 3 is 2.50 bits per heavy atom. The second-order valence-corrected chi connectivity index (χ2v) is 4.06. The number of benzene rings is 1. The smallest absolute Gasteiger partial charge is 0.336 e. The Balaban J connectivity index is 2.07. The van der Waals surface area contributed by atoms with Crippen LogP contribution in [0.5, 0.6) is 0 Å². The molecule has 0 aliphatic heterocycles. The Morgan fingerprint density at radius 1 is 1.15 bits per heavy atom. The van der Waals surface area contributed by atoms with Crippen molar-refractivity contribution in [3.05, 3.63) is 41.8 Å². The molecule has 1 aromatic carbocycles. The summed E-state index contributed by atoms with van der Waals surface area (Å²) in [6, 6.07) is 6.43. The minimum atomic E-state index is -1.05. The van der Waals surface area contributed by atoms with Crippen molar-refractivity contribution in [3.63, 3.8) is 0 Å². The number of hydrogen-bond donors (Lipinski definition) is 1. The largest absolute Gasteiger partial charge is 0.478 e. The van der Waals surface area contributed by atoms with Gasteiger partial charge in [-0.05, 0) is 19.1 Å². The average molecular weight is 271 g/mol. The van der Waals surface area contributed by atoms with Crippen LogP contribution in [-0.2, 0) is 0 Å². The van der Waals surface area contributed by atoms with Crippen molar-refractivity contribution in [3.8, 4) is 22.9 Å². The zero-order valence-electron chi connectivity index (χ0n) is 10.4. The number of carbonyl (C=O) groups is 1. The molecular weight excluding hydrogens is 262 g/mol. The Morgan fingerprint density at radius 2 is 1.85 bits per heavy atom. The third-order valence-corrected chi connectivity index (χ3v) is 2.79. The fourth-order valence-corrected chi connectivity index (χ4v) is 1.80. The topological polar surface area (TPSA) is 102 Å². The number of aryl methyl sites for hydroxylation is 1. The van der Waals surface area contributed by atoms with E-state index < -0.39 is 5.97 Å². The van der Waals surface area contributed by atoms with E-state index in [0.29, 0.717) is 16.9 Å². The highest BCUT2D eigenvalue weighted by atomic mass is 16.5. The molecule has 0 saturated carbocycles. The lowest BCUT2D eigenvalue weighted by molar-refractivity contribution is 0.0697. The molecule has 0 fully saturated rings. The summed E-state index contributed by atoms with van der Waals surface area (Å²) in [5, 5.41) is 20.5. The molecule has 0 saturated heterocycles. The van der Waals surface area contributed by atoms with Gasteiger partial charge in [-0.3, -0.25) is 0 Å². The van der Waals surface area contributed by atoms with E-state index in [2.05, 4.69) is 15.4 Å². The van der Waals surface area contributed by atoms with E-state index in [1.807, 2.05) is 0 Å². The highest BCUT2D eigenvalue weighted by Gasteiger charge is 2.18.